The Hall–Kier alpha value is -0.920. The molecule has 0 radical (unpaired) electrons. The van der Waals surface area contributed by atoms with Gasteiger partial charge in [0.2, 0.25) is 0 Å². The monoisotopic (exact) mass is 282 g/mol. The third-order valence-electron chi connectivity index (χ3n) is 2.65. The van der Waals surface area contributed by atoms with Crippen molar-refractivity contribution >= 4 is 27.7 Å². The van der Waals surface area contributed by atoms with Crippen molar-refractivity contribution in [2.24, 2.45) is 5.73 Å². The molecule has 18 heavy (non-hydrogen) atoms. The zero-order chi connectivity index (χ0) is 12.5. The molecule has 96 valence electrons. The lowest BCUT2D eigenvalue weighted by Gasteiger charge is -2.26. The van der Waals surface area contributed by atoms with Crippen LogP contribution >= 0.6 is 22.7 Å². The SMILES string of the molecule is Nc1ccc(-c2ccc(C3OCC(N)CO3)s2)s1. The van der Waals surface area contributed by atoms with Crippen LogP contribution in [0.2, 0.25) is 0 Å². The summed E-state index contributed by atoms with van der Waals surface area (Å²) in [5, 5.41) is 0.830. The summed E-state index contributed by atoms with van der Waals surface area (Å²) in [5.74, 6) is 0. The molecule has 4 N–H and O–H groups in total. The Labute approximate surface area is 113 Å². The summed E-state index contributed by atoms with van der Waals surface area (Å²) in [4.78, 5) is 3.44. The number of nitrogens with two attached hydrogens (primary N) is 2. The lowest BCUT2D eigenvalue weighted by atomic mass is 10.3. The fourth-order valence-corrected chi connectivity index (χ4v) is 3.65. The predicted molar refractivity (Wildman–Crippen MR) is 74.7 cm³/mol. The molecule has 4 nitrogen and oxygen atoms in total. The van der Waals surface area contributed by atoms with Crippen molar-refractivity contribution in [3.8, 4) is 9.75 Å². The van der Waals surface area contributed by atoms with Gasteiger partial charge in [0.15, 0.2) is 6.29 Å². The molecule has 3 rings (SSSR count). The summed E-state index contributed by atoms with van der Waals surface area (Å²) in [6.45, 7) is 1.09. The second-order valence-electron chi connectivity index (χ2n) is 4.16. The van der Waals surface area contributed by atoms with Crippen LogP contribution in [0.1, 0.15) is 11.2 Å². The van der Waals surface area contributed by atoms with Gasteiger partial charge in [-0.2, -0.15) is 0 Å². The summed E-state index contributed by atoms with van der Waals surface area (Å²) < 4.78 is 11.1. The van der Waals surface area contributed by atoms with Crippen LogP contribution in [0, 0.1) is 0 Å². The molecular formula is C12H14N2O2S2. The number of ether oxygens (including phenoxy) is 2. The average Bonchev–Trinajstić information content (AvgIpc) is 2.98. The molecule has 1 aliphatic rings. The largest absolute Gasteiger partial charge is 0.391 e. The summed E-state index contributed by atoms with van der Waals surface area (Å²) in [7, 11) is 0. The van der Waals surface area contributed by atoms with Crippen molar-refractivity contribution in [2.45, 2.75) is 12.3 Å². The number of anilines is 1. The zero-order valence-corrected chi connectivity index (χ0v) is 11.3. The van der Waals surface area contributed by atoms with E-state index < -0.39 is 0 Å². The maximum atomic E-state index is 5.74. The number of hydrogen-bond acceptors (Lipinski definition) is 6. The fourth-order valence-electron chi connectivity index (χ4n) is 1.78. The molecule has 0 bridgehead atoms. The third kappa shape index (κ3) is 2.43. The minimum Gasteiger partial charge on any atom is -0.391 e. The fraction of sp³-hybridized carbons (Fsp3) is 0.333. The van der Waals surface area contributed by atoms with Gasteiger partial charge in [-0.05, 0) is 24.3 Å². The topological polar surface area (TPSA) is 70.5 Å². The van der Waals surface area contributed by atoms with Crippen molar-refractivity contribution in [3.05, 3.63) is 29.1 Å². The molecule has 0 aromatic carbocycles. The van der Waals surface area contributed by atoms with Crippen molar-refractivity contribution in [2.75, 3.05) is 18.9 Å². The second kappa shape index (κ2) is 4.99. The average molecular weight is 282 g/mol. The van der Waals surface area contributed by atoms with Crippen LogP contribution in [-0.4, -0.2) is 19.3 Å². The first-order chi connectivity index (χ1) is 8.72. The van der Waals surface area contributed by atoms with E-state index in [4.69, 9.17) is 20.9 Å². The van der Waals surface area contributed by atoms with Gasteiger partial charge in [0.1, 0.15) is 0 Å². The molecule has 0 spiro atoms. The summed E-state index contributed by atoms with van der Waals surface area (Å²) in [5.41, 5.74) is 11.5. The van der Waals surface area contributed by atoms with Crippen molar-refractivity contribution in [3.63, 3.8) is 0 Å². The van der Waals surface area contributed by atoms with E-state index in [1.807, 2.05) is 18.2 Å². The van der Waals surface area contributed by atoms with Crippen LogP contribution in [0.4, 0.5) is 5.00 Å². The van der Waals surface area contributed by atoms with Crippen LogP contribution in [0.3, 0.4) is 0 Å². The molecule has 2 aromatic heterocycles. The van der Waals surface area contributed by atoms with E-state index >= 15 is 0 Å². The van der Waals surface area contributed by atoms with E-state index in [0.29, 0.717) is 13.2 Å². The number of hydrogen-bond donors (Lipinski definition) is 2. The highest BCUT2D eigenvalue weighted by molar-refractivity contribution is 7.24. The van der Waals surface area contributed by atoms with E-state index in [2.05, 4.69) is 6.07 Å². The molecule has 0 aliphatic carbocycles. The van der Waals surface area contributed by atoms with Crippen molar-refractivity contribution in [1.82, 2.24) is 0 Å². The number of rotatable bonds is 2. The van der Waals surface area contributed by atoms with Gasteiger partial charge < -0.3 is 20.9 Å². The van der Waals surface area contributed by atoms with Gasteiger partial charge in [0.25, 0.3) is 0 Å². The van der Waals surface area contributed by atoms with Gasteiger partial charge in [-0.25, -0.2) is 0 Å². The van der Waals surface area contributed by atoms with Crippen LogP contribution < -0.4 is 11.5 Å². The van der Waals surface area contributed by atoms with Gasteiger partial charge in [-0.3, -0.25) is 0 Å². The van der Waals surface area contributed by atoms with Crippen LogP contribution in [-0.2, 0) is 9.47 Å². The molecule has 3 heterocycles. The molecule has 1 fully saturated rings. The molecule has 1 saturated heterocycles. The normalized spacial score (nSPS) is 24.3. The van der Waals surface area contributed by atoms with E-state index in [1.165, 1.54) is 9.75 Å². The molecular weight excluding hydrogens is 268 g/mol. The standard InChI is InChI=1S/C12H14N2O2S2/c13-7-5-15-12(16-6-7)10-2-1-8(17-10)9-3-4-11(14)18-9/h1-4,7,12H,5-6,13-14H2. The Bertz CT molecular complexity index is 530. The quantitative estimate of drug-likeness (QED) is 0.887. The molecule has 0 saturated carbocycles. The van der Waals surface area contributed by atoms with Crippen LogP contribution in [0.25, 0.3) is 9.75 Å². The molecule has 0 amide bonds. The Kier molecular flexibility index (Phi) is 3.36. The maximum absolute atomic E-state index is 5.74. The minimum absolute atomic E-state index is 0.0159. The number of nitrogen functional groups attached to an aromatic ring is 1. The summed E-state index contributed by atoms with van der Waals surface area (Å²) in [6.07, 6.45) is -0.277. The zero-order valence-electron chi connectivity index (χ0n) is 9.67. The van der Waals surface area contributed by atoms with Crippen LogP contribution in [0.5, 0.6) is 0 Å². The Morgan fingerprint density at radius 2 is 1.67 bits per heavy atom. The first-order valence-corrected chi connectivity index (χ1v) is 7.30. The van der Waals surface area contributed by atoms with Crippen LogP contribution in [0.15, 0.2) is 24.3 Å². The van der Waals surface area contributed by atoms with E-state index in [9.17, 15) is 0 Å². The molecule has 1 aliphatic heterocycles. The summed E-state index contributed by atoms with van der Waals surface area (Å²) in [6, 6.07) is 8.06. The van der Waals surface area contributed by atoms with Gasteiger partial charge in [0.05, 0.1) is 29.1 Å². The third-order valence-corrected chi connectivity index (χ3v) is 4.87. The first kappa shape index (κ1) is 12.1. The highest BCUT2D eigenvalue weighted by atomic mass is 32.1. The van der Waals surface area contributed by atoms with Gasteiger partial charge in [-0.1, -0.05) is 0 Å². The lowest BCUT2D eigenvalue weighted by Crippen LogP contribution is -2.37. The second-order valence-corrected chi connectivity index (χ2v) is 6.39. The highest BCUT2D eigenvalue weighted by Gasteiger charge is 2.22. The Morgan fingerprint density at radius 1 is 1.00 bits per heavy atom. The smallest absolute Gasteiger partial charge is 0.193 e. The highest BCUT2D eigenvalue weighted by Crippen LogP contribution is 2.37. The summed E-state index contributed by atoms with van der Waals surface area (Å²) >= 11 is 3.26. The van der Waals surface area contributed by atoms with E-state index in [-0.39, 0.29) is 12.3 Å². The van der Waals surface area contributed by atoms with Crippen molar-refractivity contribution in [1.29, 1.82) is 0 Å². The minimum atomic E-state index is -0.277. The molecule has 6 heteroatoms. The Morgan fingerprint density at radius 3 is 2.33 bits per heavy atom. The van der Waals surface area contributed by atoms with Gasteiger partial charge in [0, 0.05) is 9.75 Å². The van der Waals surface area contributed by atoms with Crippen molar-refractivity contribution < 1.29 is 9.47 Å². The van der Waals surface area contributed by atoms with Gasteiger partial charge in [-0.15, -0.1) is 22.7 Å². The molecule has 0 unspecified atom stereocenters. The number of thiophene rings is 2. The Balaban J connectivity index is 1.77. The molecule has 2 aromatic rings. The lowest BCUT2D eigenvalue weighted by molar-refractivity contribution is -0.188. The van der Waals surface area contributed by atoms with E-state index in [1.54, 1.807) is 22.7 Å². The maximum Gasteiger partial charge on any atom is 0.193 e. The molecule has 0 atom stereocenters. The first-order valence-electron chi connectivity index (χ1n) is 5.66. The predicted octanol–water partition coefficient (Wildman–Crippen LogP) is 2.43. The van der Waals surface area contributed by atoms with Gasteiger partial charge >= 0.3 is 0 Å². The van der Waals surface area contributed by atoms with E-state index in [0.717, 1.165) is 9.88 Å².